The average molecular weight is 418 g/mol. The van der Waals surface area contributed by atoms with Crippen LogP contribution in [0.15, 0.2) is 30.5 Å². The van der Waals surface area contributed by atoms with E-state index in [0.29, 0.717) is 30.4 Å². The van der Waals surface area contributed by atoms with Crippen LogP contribution in [0.3, 0.4) is 0 Å². The zero-order chi connectivity index (χ0) is 21.3. The van der Waals surface area contributed by atoms with Crippen molar-refractivity contribution >= 4 is 22.5 Å². The standard InChI is InChI=1S/C22H29F2N5O/c1-14-7-15(8-27-20(30)13-28-11-16(25)12-28)10-29(9-14)19-5-4-18(22(23)24)21-17(19)3-2-6-26-21/h2-6,14-16,22H,7-13,25H2,1H3,(H,27,30)/t14-,15?/m0/s1. The highest BCUT2D eigenvalue weighted by molar-refractivity contribution is 5.94. The van der Waals surface area contributed by atoms with Gasteiger partial charge in [-0.25, -0.2) is 8.78 Å². The van der Waals surface area contributed by atoms with Crippen LogP contribution in [-0.2, 0) is 4.79 Å². The molecule has 2 fully saturated rings. The van der Waals surface area contributed by atoms with Crippen molar-refractivity contribution < 1.29 is 13.6 Å². The number of anilines is 1. The number of rotatable bonds is 6. The highest BCUT2D eigenvalue weighted by atomic mass is 19.3. The van der Waals surface area contributed by atoms with Crippen LogP contribution in [0, 0.1) is 11.8 Å². The fourth-order valence-corrected chi connectivity index (χ4v) is 4.71. The molecule has 30 heavy (non-hydrogen) atoms. The van der Waals surface area contributed by atoms with Gasteiger partial charge in [0.1, 0.15) is 0 Å². The second-order valence-corrected chi connectivity index (χ2v) is 8.74. The van der Waals surface area contributed by atoms with Gasteiger partial charge in [0.2, 0.25) is 5.91 Å². The van der Waals surface area contributed by atoms with Crippen molar-refractivity contribution in [2.75, 3.05) is 44.2 Å². The fourth-order valence-electron chi connectivity index (χ4n) is 4.71. The Morgan fingerprint density at radius 3 is 2.80 bits per heavy atom. The number of carbonyl (C=O) groups excluding carboxylic acids is 1. The van der Waals surface area contributed by atoms with E-state index >= 15 is 0 Å². The lowest BCUT2D eigenvalue weighted by Gasteiger charge is -2.39. The molecule has 3 heterocycles. The number of hydrogen-bond acceptors (Lipinski definition) is 5. The lowest BCUT2D eigenvalue weighted by atomic mass is 9.89. The summed E-state index contributed by atoms with van der Waals surface area (Å²) in [6.45, 7) is 6.38. The van der Waals surface area contributed by atoms with Gasteiger partial charge >= 0.3 is 0 Å². The van der Waals surface area contributed by atoms with Crippen LogP contribution in [0.1, 0.15) is 25.3 Å². The maximum atomic E-state index is 13.4. The van der Waals surface area contributed by atoms with Crippen LogP contribution in [0.4, 0.5) is 14.5 Å². The predicted molar refractivity (Wildman–Crippen MR) is 114 cm³/mol. The number of amides is 1. The molecule has 2 aromatic rings. The first-order chi connectivity index (χ1) is 14.4. The summed E-state index contributed by atoms with van der Waals surface area (Å²) >= 11 is 0. The normalized spacial score (nSPS) is 23.0. The number of nitrogens with zero attached hydrogens (tertiary/aromatic N) is 3. The number of alkyl halides is 2. The summed E-state index contributed by atoms with van der Waals surface area (Å²) in [5.74, 6) is 0.774. The molecule has 1 aromatic heterocycles. The minimum absolute atomic E-state index is 0.0302. The van der Waals surface area contributed by atoms with Gasteiger partial charge in [0.05, 0.1) is 12.1 Å². The Balaban J connectivity index is 1.45. The Morgan fingerprint density at radius 2 is 2.07 bits per heavy atom. The topological polar surface area (TPSA) is 74.5 Å². The molecule has 2 aliphatic heterocycles. The highest BCUT2D eigenvalue weighted by Crippen LogP contribution is 2.35. The molecule has 0 radical (unpaired) electrons. The molecule has 4 rings (SSSR count). The van der Waals surface area contributed by atoms with Crippen molar-refractivity contribution in [3.8, 4) is 0 Å². The zero-order valence-electron chi connectivity index (χ0n) is 17.2. The molecular weight excluding hydrogens is 388 g/mol. The molecule has 1 unspecified atom stereocenters. The Labute approximate surface area is 175 Å². The van der Waals surface area contributed by atoms with Crippen molar-refractivity contribution in [1.29, 1.82) is 0 Å². The first-order valence-corrected chi connectivity index (χ1v) is 10.6. The third-order valence-corrected chi connectivity index (χ3v) is 6.04. The highest BCUT2D eigenvalue weighted by Gasteiger charge is 2.28. The Bertz CT molecular complexity index is 902. The predicted octanol–water partition coefficient (Wildman–Crippen LogP) is 2.39. The molecule has 8 heteroatoms. The van der Waals surface area contributed by atoms with Gasteiger partial charge in [-0.15, -0.1) is 0 Å². The molecular formula is C22H29F2N5O. The van der Waals surface area contributed by atoms with E-state index in [0.717, 1.165) is 43.7 Å². The van der Waals surface area contributed by atoms with Gasteiger partial charge in [-0.1, -0.05) is 6.92 Å². The third kappa shape index (κ3) is 4.54. The van der Waals surface area contributed by atoms with Crippen LogP contribution >= 0.6 is 0 Å². The second kappa shape index (κ2) is 8.81. The van der Waals surface area contributed by atoms with E-state index in [9.17, 15) is 13.6 Å². The average Bonchev–Trinajstić information content (AvgIpc) is 2.69. The molecule has 3 N–H and O–H groups in total. The van der Waals surface area contributed by atoms with Crippen LogP contribution in [-0.4, -0.2) is 61.1 Å². The summed E-state index contributed by atoms with van der Waals surface area (Å²) in [4.78, 5) is 20.7. The van der Waals surface area contributed by atoms with Crippen molar-refractivity contribution in [1.82, 2.24) is 15.2 Å². The molecule has 0 bridgehead atoms. The van der Waals surface area contributed by atoms with E-state index in [1.54, 1.807) is 18.3 Å². The number of halogens is 2. The van der Waals surface area contributed by atoms with Crippen LogP contribution in [0.5, 0.6) is 0 Å². The number of pyridine rings is 1. The number of fused-ring (bicyclic) bond motifs is 1. The second-order valence-electron chi connectivity index (χ2n) is 8.74. The maximum Gasteiger partial charge on any atom is 0.265 e. The van der Waals surface area contributed by atoms with E-state index in [1.807, 2.05) is 11.0 Å². The molecule has 6 nitrogen and oxygen atoms in total. The first-order valence-electron chi connectivity index (χ1n) is 10.6. The van der Waals surface area contributed by atoms with Gasteiger partial charge in [-0.05, 0) is 42.5 Å². The summed E-state index contributed by atoms with van der Waals surface area (Å²) in [7, 11) is 0. The Morgan fingerprint density at radius 1 is 1.27 bits per heavy atom. The van der Waals surface area contributed by atoms with Crippen molar-refractivity contribution in [3.05, 3.63) is 36.0 Å². The number of nitrogens with two attached hydrogens (primary N) is 1. The number of likely N-dealkylation sites (tertiary alicyclic amines) is 1. The number of piperidine rings is 1. The zero-order valence-corrected chi connectivity index (χ0v) is 17.2. The molecule has 0 aliphatic carbocycles. The molecule has 2 saturated heterocycles. The number of benzene rings is 1. The molecule has 2 aliphatic rings. The maximum absolute atomic E-state index is 13.4. The summed E-state index contributed by atoms with van der Waals surface area (Å²) in [5, 5.41) is 3.81. The van der Waals surface area contributed by atoms with E-state index in [1.165, 1.54) is 6.07 Å². The van der Waals surface area contributed by atoms with Gasteiger partial charge in [0.25, 0.3) is 6.43 Å². The monoisotopic (exact) mass is 417 g/mol. The first kappa shape index (κ1) is 20.9. The van der Waals surface area contributed by atoms with Crippen LogP contribution in [0.2, 0.25) is 0 Å². The minimum Gasteiger partial charge on any atom is -0.370 e. The van der Waals surface area contributed by atoms with Crippen LogP contribution in [0.25, 0.3) is 10.9 Å². The molecule has 2 atom stereocenters. The molecule has 1 amide bonds. The number of hydrogen-bond donors (Lipinski definition) is 2. The van der Waals surface area contributed by atoms with Crippen molar-refractivity contribution in [2.45, 2.75) is 25.8 Å². The van der Waals surface area contributed by atoms with E-state index < -0.39 is 6.43 Å². The minimum atomic E-state index is -2.55. The molecule has 0 saturated carbocycles. The Hall–Kier alpha value is -2.32. The molecule has 0 spiro atoms. The summed E-state index contributed by atoms with van der Waals surface area (Å²) in [5.41, 5.74) is 7.02. The van der Waals surface area contributed by atoms with Gasteiger partial charge in [-0.2, -0.15) is 0 Å². The van der Waals surface area contributed by atoms with E-state index in [-0.39, 0.29) is 17.5 Å². The quantitative estimate of drug-likeness (QED) is 0.755. The lowest BCUT2D eigenvalue weighted by Crippen LogP contribution is -2.58. The summed E-state index contributed by atoms with van der Waals surface area (Å²) in [6, 6.07) is 7.10. The van der Waals surface area contributed by atoms with Crippen molar-refractivity contribution in [3.63, 3.8) is 0 Å². The van der Waals surface area contributed by atoms with E-state index in [2.05, 4.69) is 22.1 Å². The third-order valence-electron chi connectivity index (χ3n) is 6.04. The SMILES string of the molecule is C[C@H]1CC(CNC(=O)CN2CC(N)C2)CN(c2ccc(C(F)F)c3ncccc23)C1. The van der Waals surface area contributed by atoms with Gasteiger partial charge in [0, 0.05) is 61.6 Å². The van der Waals surface area contributed by atoms with Gasteiger partial charge in [-0.3, -0.25) is 14.7 Å². The molecule has 1 aromatic carbocycles. The number of nitrogens with one attached hydrogen (secondary N) is 1. The fraction of sp³-hybridized carbons (Fsp3) is 0.545. The number of carbonyl (C=O) groups is 1. The van der Waals surface area contributed by atoms with Gasteiger partial charge in [0.15, 0.2) is 0 Å². The smallest absolute Gasteiger partial charge is 0.265 e. The van der Waals surface area contributed by atoms with Crippen LogP contribution < -0.4 is 16.0 Å². The number of aromatic nitrogens is 1. The van der Waals surface area contributed by atoms with Gasteiger partial charge < -0.3 is 16.0 Å². The Kier molecular flexibility index (Phi) is 6.15. The summed E-state index contributed by atoms with van der Waals surface area (Å²) in [6.07, 6.45) is 0.0252. The van der Waals surface area contributed by atoms with Crippen molar-refractivity contribution in [2.24, 2.45) is 17.6 Å². The van der Waals surface area contributed by atoms with E-state index in [4.69, 9.17) is 5.73 Å². The summed E-state index contributed by atoms with van der Waals surface area (Å²) < 4.78 is 26.8. The molecule has 162 valence electrons. The lowest BCUT2D eigenvalue weighted by molar-refractivity contribution is -0.123. The largest absolute Gasteiger partial charge is 0.370 e.